The summed E-state index contributed by atoms with van der Waals surface area (Å²) in [5.41, 5.74) is 2.21. The van der Waals surface area contributed by atoms with Crippen molar-refractivity contribution in [2.75, 3.05) is 44.8 Å². The number of nitrogens with one attached hydrogen (secondary N) is 1. The summed E-state index contributed by atoms with van der Waals surface area (Å²) in [5, 5.41) is 6.97. The molecule has 0 bridgehead atoms. The van der Waals surface area contributed by atoms with Gasteiger partial charge >= 0.3 is 0 Å². The van der Waals surface area contributed by atoms with Crippen LogP contribution in [0, 0.1) is 6.92 Å². The first-order valence-corrected chi connectivity index (χ1v) is 9.43. The molecule has 1 aromatic carbocycles. The largest absolute Gasteiger partial charge is 0.497 e. The first-order chi connectivity index (χ1) is 13.1. The maximum absolute atomic E-state index is 12.8. The van der Waals surface area contributed by atoms with Crippen molar-refractivity contribution in [3.05, 3.63) is 41.7 Å². The van der Waals surface area contributed by atoms with Crippen LogP contribution in [0.2, 0.25) is 0 Å². The minimum atomic E-state index is -0.322. The molecule has 1 N–H and O–H groups in total. The van der Waals surface area contributed by atoms with Crippen LogP contribution in [0.3, 0.4) is 0 Å². The fraction of sp³-hybridized carbons (Fsp3) is 0.500. The Balaban J connectivity index is 1.48. The van der Waals surface area contributed by atoms with Crippen LogP contribution in [0.5, 0.6) is 5.75 Å². The highest BCUT2D eigenvalue weighted by atomic mass is 16.5. The van der Waals surface area contributed by atoms with Crippen LogP contribution < -0.4 is 9.64 Å². The Morgan fingerprint density at radius 3 is 2.78 bits per heavy atom. The van der Waals surface area contributed by atoms with E-state index in [9.17, 15) is 4.79 Å². The van der Waals surface area contributed by atoms with Crippen molar-refractivity contribution in [1.29, 1.82) is 0 Å². The molecule has 2 aromatic rings. The summed E-state index contributed by atoms with van der Waals surface area (Å²) in [6.45, 7) is 5.44. The van der Waals surface area contributed by atoms with Gasteiger partial charge in [-0.2, -0.15) is 5.10 Å². The molecule has 0 unspecified atom stereocenters. The number of anilines is 1. The van der Waals surface area contributed by atoms with Crippen LogP contribution in [-0.4, -0.2) is 66.5 Å². The van der Waals surface area contributed by atoms with Crippen LogP contribution in [0.15, 0.2) is 30.3 Å². The lowest BCUT2D eigenvalue weighted by Crippen LogP contribution is -2.60. The van der Waals surface area contributed by atoms with Crippen molar-refractivity contribution in [3.8, 4) is 5.75 Å². The molecule has 2 aliphatic rings. The maximum Gasteiger partial charge on any atom is 0.274 e. The molecule has 1 amide bonds. The topological polar surface area (TPSA) is 70.7 Å². The Bertz CT molecular complexity index is 800. The van der Waals surface area contributed by atoms with Gasteiger partial charge in [0, 0.05) is 31.0 Å². The van der Waals surface area contributed by atoms with E-state index >= 15 is 0 Å². The summed E-state index contributed by atoms with van der Waals surface area (Å²) in [4.78, 5) is 17.0. The first-order valence-electron chi connectivity index (χ1n) is 9.43. The van der Waals surface area contributed by atoms with Crippen molar-refractivity contribution in [3.63, 3.8) is 0 Å². The van der Waals surface area contributed by atoms with Crippen LogP contribution in [-0.2, 0) is 4.74 Å². The molecular weight excluding hydrogens is 344 g/mol. The number of carbonyl (C=O) groups excluding carboxylic acids is 1. The zero-order valence-electron chi connectivity index (χ0n) is 15.9. The Morgan fingerprint density at radius 2 is 2.07 bits per heavy atom. The summed E-state index contributed by atoms with van der Waals surface area (Å²) in [7, 11) is 1.67. The molecule has 7 heteroatoms. The molecule has 7 nitrogen and oxygen atoms in total. The van der Waals surface area contributed by atoms with Gasteiger partial charge in [0.15, 0.2) is 0 Å². The van der Waals surface area contributed by atoms with Gasteiger partial charge < -0.3 is 19.3 Å². The predicted octanol–water partition coefficient (Wildman–Crippen LogP) is 2.24. The molecule has 1 aromatic heterocycles. The number of piperidine rings is 1. The number of carbonyl (C=O) groups is 1. The number of benzene rings is 1. The van der Waals surface area contributed by atoms with Crippen molar-refractivity contribution in [1.82, 2.24) is 15.1 Å². The zero-order valence-corrected chi connectivity index (χ0v) is 15.9. The number of ether oxygens (including phenoxy) is 2. The van der Waals surface area contributed by atoms with E-state index in [1.807, 2.05) is 24.0 Å². The standard InChI is InChI=1S/C20H26N4O3/c1-15-12-18(22-21-15)19(25)24-10-11-27-20(14-24)8-3-9-23(13-20)16-4-6-17(26-2)7-5-16/h4-7,12H,3,8-11,13-14H2,1-2H3,(H,21,22)/t20-/m0/s1. The van der Waals surface area contributed by atoms with Crippen molar-refractivity contribution >= 4 is 11.6 Å². The van der Waals surface area contributed by atoms with Crippen LogP contribution in [0.4, 0.5) is 5.69 Å². The number of aromatic nitrogens is 2. The lowest BCUT2D eigenvalue weighted by atomic mass is 9.90. The van der Waals surface area contributed by atoms with E-state index in [1.165, 1.54) is 0 Å². The van der Waals surface area contributed by atoms with Gasteiger partial charge in [-0.1, -0.05) is 0 Å². The molecule has 1 atom stereocenters. The van der Waals surface area contributed by atoms with Gasteiger partial charge in [0.05, 0.1) is 20.3 Å². The quantitative estimate of drug-likeness (QED) is 0.897. The van der Waals surface area contributed by atoms with Gasteiger partial charge in [0.1, 0.15) is 17.0 Å². The molecule has 2 fully saturated rings. The third kappa shape index (κ3) is 3.64. The molecule has 4 rings (SSSR count). The number of morpholine rings is 1. The third-order valence-corrected chi connectivity index (χ3v) is 5.44. The molecule has 0 aliphatic carbocycles. The van der Waals surface area contributed by atoms with Crippen LogP contribution >= 0.6 is 0 Å². The fourth-order valence-electron chi connectivity index (χ4n) is 4.07. The minimum Gasteiger partial charge on any atom is -0.497 e. The van der Waals surface area contributed by atoms with Gasteiger partial charge in [0.2, 0.25) is 0 Å². The van der Waals surface area contributed by atoms with Crippen molar-refractivity contribution in [2.45, 2.75) is 25.4 Å². The summed E-state index contributed by atoms with van der Waals surface area (Å²) in [6, 6.07) is 9.92. The second-order valence-corrected chi connectivity index (χ2v) is 7.42. The van der Waals surface area contributed by atoms with E-state index in [4.69, 9.17) is 9.47 Å². The lowest BCUT2D eigenvalue weighted by molar-refractivity contribution is -0.105. The summed E-state index contributed by atoms with van der Waals surface area (Å²) < 4.78 is 11.5. The average Bonchev–Trinajstić information content (AvgIpc) is 3.14. The molecule has 1 spiro atoms. The molecule has 27 heavy (non-hydrogen) atoms. The molecule has 0 saturated carbocycles. The van der Waals surface area contributed by atoms with Crippen molar-refractivity contribution < 1.29 is 14.3 Å². The van der Waals surface area contributed by atoms with Crippen LogP contribution in [0.1, 0.15) is 29.0 Å². The fourth-order valence-corrected chi connectivity index (χ4v) is 4.07. The number of rotatable bonds is 3. The van der Waals surface area contributed by atoms with Crippen LogP contribution in [0.25, 0.3) is 0 Å². The average molecular weight is 370 g/mol. The zero-order chi connectivity index (χ0) is 18.9. The smallest absolute Gasteiger partial charge is 0.274 e. The highest BCUT2D eigenvalue weighted by Crippen LogP contribution is 2.32. The summed E-state index contributed by atoms with van der Waals surface area (Å²) in [6.07, 6.45) is 2.00. The number of amides is 1. The summed E-state index contributed by atoms with van der Waals surface area (Å²) in [5.74, 6) is 0.828. The summed E-state index contributed by atoms with van der Waals surface area (Å²) >= 11 is 0. The lowest BCUT2D eigenvalue weighted by Gasteiger charge is -2.48. The number of methoxy groups -OCH3 is 1. The normalized spacial score (nSPS) is 22.9. The molecule has 2 aliphatic heterocycles. The number of nitrogens with zero attached hydrogens (tertiary/aromatic N) is 3. The predicted molar refractivity (Wildman–Crippen MR) is 102 cm³/mol. The van der Waals surface area contributed by atoms with E-state index in [1.54, 1.807) is 13.2 Å². The van der Waals surface area contributed by atoms with Gasteiger partial charge in [-0.15, -0.1) is 0 Å². The maximum atomic E-state index is 12.8. The number of aromatic amines is 1. The van der Waals surface area contributed by atoms with Gasteiger partial charge in [-0.05, 0) is 50.1 Å². The number of aryl methyl sites for hydroxylation is 1. The van der Waals surface area contributed by atoms with E-state index in [2.05, 4.69) is 27.2 Å². The monoisotopic (exact) mass is 370 g/mol. The molecule has 2 saturated heterocycles. The SMILES string of the molecule is COc1ccc(N2CCC[C@@]3(CN(C(=O)c4cc(C)[nH]n4)CCO3)C2)cc1. The second kappa shape index (κ2) is 7.23. The van der Waals surface area contributed by atoms with E-state index in [-0.39, 0.29) is 11.5 Å². The number of hydrogen-bond acceptors (Lipinski definition) is 5. The molecule has 3 heterocycles. The van der Waals surface area contributed by atoms with E-state index < -0.39 is 0 Å². The molecular formula is C20H26N4O3. The van der Waals surface area contributed by atoms with Crippen molar-refractivity contribution in [2.24, 2.45) is 0 Å². The molecule has 144 valence electrons. The highest BCUT2D eigenvalue weighted by Gasteiger charge is 2.42. The Kier molecular flexibility index (Phi) is 4.78. The molecule has 0 radical (unpaired) electrons. The highest BCUT2D eigenvalue weighted by molar-refractivity contribution is 5.92. The first kappa shape index (κ1) is 17.9. The second-order valence-electron chi connectivity index (χ2n) is 7.42. The number of H-pyrrole nitrogens is 1. The Hall–Kier alpha value is -2.54. The number of hydrogen-bond donors (Lipinski definition) is 1. The van der Waals surface area contributed by atoms with Gasteiger partial charge in [-0.25, -0.2) is 0 Å². The van der Waals surface area contributed by atoms with E-state index in [0.717, 1.165) is 43.1 Å². The minimum absolute atomic E-state index is 0.0244. The third-order valence-electron chi connectivity index (χ3n) is 5.44. The van der Waals surface area contributed by atoms with Gasteiger partial charge in [0.25, 0.3) is 5.91 Å². The Labute approximate surface area is 159 Å². The Morgan fingerprint density at radius 1 is 1.26 bits per heavy atom. The van der Waals surface area contributed by atoms with Gasteiger partial charge in [-0.3, -0.25) is 9.89 Å². The van der Waals surface area contributed by atoms with E-state index in [0.29, 0.717) is 25.4 Å².